The number of alkyl halides is 3. The van der Waals surface area contributed by atoms with Gasteiger partial charge in [0.25, 0.3) is 0 Å². The van der Waals surface area contributed by atoms with E-state index in [1.165, 1.54) is 7.11 Å². The lowest BCUT2D eigenvalue weighted by Gasteiger charge is -2.39. The van der Waals surface area contributed by atoms with Gasteiger partial charge in [-0.3, -0.25) is 0 Å². The number of esters is 1. The zero-order valence-corrected chi connectivity index (χ0v) is 27.7. The minimum Gasteiger partial charge on any atom is -0.598 e. The van der Waals surface area contributed by atoms with E-state index in [1.807, 2.05) is 18.2 Å². The van der Waals surface area contributed by atoms with Gasteiger partial charge in [0.15, 0.2) is 0 Å². The number of hydrogen-bond acceptors (Lipinski definition) is 7. The molecule has 2 aromatic carbocycles. The van der Waals surface area contributed by atoms with Gasteiger partial charge < -0.3 is 24.1 Å². The van der Waals surface area contributed by atoms with Crippen molar-refractivity contribution < 1.29 is 41.5 Å². The Kier molecular flexibility index (Phi) is 12.7. The summed E-state index contributed by atoms with van der Waals surface area (Å²) in [6.45, 7) is 13.6. The van der Waals surface area contributed by atoms with E-state index >= 15 is 0 Å². The van der Waals surface area contributed by atoms with Crippen LogP contribution in [0, 0.1) is 6.92 Å². The molecule has 8 nitrogen and oxygen atoms in total. The van der Waals surface area contributed by atoms with Crippen molar-refractivity contribution in [3.63, 3.8) is 0 Å². The van der Waals surface area contributed by atoms with Gasteiger partial charge in [-0.2, -0.15) is 13.2 Å². The Labute approximate surface area is 261 Å². The number of halogens is 3. The molecule has 0 radical (unpaired) electrons. The van der Waals surface area contributed by atoms with Crippen LogP contribution in [0.5, 0.6) is 0 Å². The van der Waals surface area contributed by atoms with Gasteiger partial charge in [0.1, 0.15) is 21.9 Å². The van der Waals surface area contributed by atoms with Crippen molar-refractivity contribution in [1.82, 2.24) is 10.0 Å². The number of alkyl carbamates (subject to hydrolysis) is 1. The molecule has 0 aromatic heterocycles. The molecule has 0 aliphatic heterocycles. The highest BCUT2D eigenvalue weighted by Crippen LogP contribution is 2.35. The van der Waals surface area contributed by atoms with Crippen LogP contribution in [-0.2, 0) is 42.1 Å². The van der Waals surface area contributed by atoms with Crippen LogP contribution in [0.1, 0.15) is 89.7 Å². The molecule has 44 heavy (non-hydrogen) atoms. The third kappa shape index (κ3) is 11.3. The Hall–Kier alpha value is -2.80. The van der Waals surface area contributed by atoms with Crippen molar-refractivity contribution in [2.24, 2.45) is 0 Å². The third-order valence-corrected chi connectivity index (χ3v) is 8.37. The highest BCUT2D eigenvalue weighted by molar-refractivity contribution is 7.90. The molecule has 0 saturated carbocycles. The topological polar surface area (TPSA) is 109 Å². The molecule has 0 saturated heterocycles. The number of nitrogens with one attached hydrogen (secondary N) is 2. The van der Waals surface area contributed by atoms with Gasteiger partial charge in [-0.05, 0) is 91.5 Å². The van der Waals surface area contributed by atoms with Gasteiger partial charge in [0.2, 0.25) is 0 Å². The molecule has 0 bridgehead atoms. The Morgan fingerprint density at radius 3 is 2.11 bits per heavy atom. The molecule has 2 aromatic rings. The number of hydrogen-bond donors (Lipinski definition) is 2. The second kappa shape index (κ2) is 15.0. The van der Waals surface area contributed by atoms with Crippen LogP contribution < -0.4 is 10.0 Å². The first-order valence-electron chi connectivity index (χ1n) is 14.3. The van der Waals surface area contributed by atoms with Gasteiger partial charge in [0, 0.05) is 11.4 Å². The van der Waals surface area contributed by atoms with Crippen molar-refractivity contribution in [1.29, 1.82) is 0 Å². The molecule has 246 valence electrons. The molecule has 0 heterocycles. The second-order valence-corrected chi connectivity index (χ2v) is 14.7. The van der Waals surface area contributed by atoms with Crippen LogP contribution in [0.2, 0.25) is 0 Å². The first-order chi connectivity index (χ1) is 20.2. The first kappa shape index (κ1) is 37.4. The molecule has 1 amide bonds. The summed E-state index contributed by atoms with van der Waals surface area (Å²) in [5.41, 5.74) is -1.36. The number of methoxy groups -OCH3 is 1. The molecule has 0 aliphatic rings. The number of amides is 1. The predicted molar refractivity (Wildman–Crippen MR) is 164 cm³/mol. The van der Waals surface area contributed by atoms with E-state index < -0.39 is 63.2 Å². The minimum atomic E-state index is -4.52. The Morgan fingerprint density at radius 1 is 0.977 bits per heavy atom. The highest BCUT2D eigenvalue weighted by atomic mass is 32.2. The normalized spacial score (nSPS) is 15.9. The quantitative estimate of drug-likeness (QED) is 0.192. The van der Waals surface area contributed by atoms with Crippen LogP contribution in [-0.4, -0.2) is 46.7 Å². The predicted octanol–water partition coefficient (Wildman–Crippen LogP) is 6.89. The lowest BCUT2D eigenvalue weighted by molar-refractivity contribution is -0.143. The summed E-state index contributed by atoms with van der Waals surface area (Å²) in [4.78, 5) is 25.3. The largest absolute Gasteiger partial charge is 0.598 e. The molecule has 2 N–H and O–H groups in total. The summed E-state index contributed by atoms with van der Waals surface area (Å²) in [5, 5.41) is 2.56. The minimum absolute atomic E-state index is 0.0234. The maximum atomic E-state index is 13.6. The average Bonchev–Trinajstić information content (AvgIpc) is 2.91. The van der Waals surface area contributed by atoms with E-state index in [1.54, 1.807) is 73.6 Å². The van der Waals surface area contributed by atoms with Crippen molar-refractivity contribution in [3.05, 3.63) is 70.8 Å². The lowest BCUT2D eigenvalue weighted by Crippen LogP contribution is -2.55. The summed E-state index contributed by atoms with van der Waals surface area (Å²) in [7, 11) is 1.20. The lowest BCUT2D eigenvalue weighted by atomic mass is 9.85. The van der Waals surface area contributed by atoms with Crippen molar-refractivity contribution in [2.45, 2.75) is 102 Å². The Balaban J connectivity index is 2.52. The van der Waals surface area contributed by atoms with Crippen LogP contribution in [0.3, 0.4) is 0 Å². The monoisotopic (exact) mass is 642 g/mol. The molecule has 0 spiro atoms. The first-order valence-corrected chi connectivity index (χ1v) is 15.4. The third-order valence-electron chi connectivity index (χ3n) is 6.68. The highest BCUT2D eigenvalue weighted by Gasteiger charge is 2.43. The zero-order chi connectivity index (χ0) is 33.5. The molecule has 2 rings (SSSR count). The second-order valence-electron chi connectivity index (χ2n) is 12.8. The maximum absolute atomic E-state index is 13.6. The van der Waals surface area contributed by atoms with Gasteiger partial charge >= 0.3 is 18.2 Å². The zero-order valence-electron chi connectivity index (χ0n) is 26.9. The van der Waals surface area contributed by atoms with Crippen LogP contribution >= 0.6 is 0 Å². The number of rotatable bonds is 12. The number of carbonyl (C=O) groups excluding carboxylic acids is 2. The van der Waals surface area contributed by atoms with Crippen LogP contribution in [0.25, 0.3) is 0 Å². The molecule has 2 unspecified atom stereocenters. The van der Waals surface area contributed by atoms with Gasteiger partial charge in [-0.25, -0.2) is 9.59 Å². The van der Waals surface area contributed by atoms with Crippen LogP contribution in [0.15, 0.2) is 48.5 Å². The van der Waals surface area contributed by atoms with Crippen LogP contribution in [0.4, 0.5) is 18.0 Å². The van der Waals surface area contributed by atoms with E-state index in [0.717, 1.165) is 12.1 Å². The Morgan fingerprint density at radius 2 is 1.59 bits per heavy atom. The summed E-state index contributed by atoms with van der Waals surface area (Å²) >= 11 is -1.64. The molecule has 12 heteroatoms. The van der Waals surface area contributed by atoms with Gasteiger partial charge in [0.05, 0.1) is 25.4 Å². The van der Waals surface area contributed by atoms with E-state index in [4.69, 9.17) is 14.2 Å². The number of benzene rings is 2. The maximum Gasteiger partial charge on any atom is 0.416 e. The fraction of sp³-hybridized carbons (Fsp3) is 0.562. The van der Waals surface area contributed by atoms with Crippen molar-refractivity contribution in [2.75, 3.05) is 13.7 Å². The molecule has 0 aliphatic carbocycles. The fourth-order valence-corrected chi connectivity index (χ4v) is 5.27. The summed E-state index contributed by atoms with van der Waals surface area (Å²) in [5.74, 6) is -0.705. The van der Waals surface area contributed by atoms with Gasteiger partial charge in [-0.15, -0.1) is 4.72 Å². The standard InChI is InChI=1S/C32H45F3N2O6S/c1-21-17-23(19-25(18-21)32(33,34)35)22(2)42-20-31(24-13-11-10-12-14-24,37-44(40)30(6,7)8)16-15-26(27(38)41-9)36-28(39)43-29(3,4)5/h10-14,17-19,22,26,37H,15-16,20H2,1-9H3,(H,36,39)/t22-,26?,31-,44?/m1/s1. The fourth-order valence-electron chi connectivity index (χ4n) is 4.33. The Bertz CT molecular complexity index is 1250. The summed E-state index contributed by atoms with van der Waals surface area (Å²) in [6.07, 6.45) is -5.98. The smallest absolute Gasteiger partial charge is 0.416 e. The summed E-state index contributed by atoms with van der Waals surface area (Å²) in [6, 6.07) is 11.7. The van der Waals surface area contributed by atoms with E-state index in [9.17, 15) is 27.3 Å². The number of carbonyl (C=O) groups is 2. The molecule has 0 fully saturated rings. The van der Waals surface area contributed by atoms with E-state index in [2.05, 4.69) is 10.0 Å². The molecular weight excluding hydrogens is 597 g/mol. The van der Waals surface area contributed by atoms with Gasteiger partial charge in [-0.1, -0.05) is 42.0 Å². The number of ether oxygens (including phenoxy) is 3. The van der Waals surface area contributed by atoms with Crippen molar-refractivity contribution in [3.8, 4) is 0 Å². The molecule has 4 atom stereocenters. The molecular formula is C32H45F3N2O6S. The van der Waals surface area contributed by atoms with Crippen molar-refractivity contribution >= 4 is 23.4 Å². The van der Waals surface area contributed by atoms with E-state index in [0.29, 0.717) is 16.7 Å². The number of aryl methyl sites for hydroxylation is 1. The SMILES string of the molecule is COC(=O)C(CC[C@](CO[C@H](C)c1cc(C)cc(C(F)(F)F)c1)(N[S+]([O-])C(C)(C)C)c1ccccc1)NC(=O)OC(C)(C)C. The average molecular weight is 643 g/mol. The van der Waals surface area contributed by atoms with E-state index in [-0.39, 0.29) is 19.4 Å². The summed E-state index contributed by atoms with van der Waals surface area (Å²) < 4.78 is 73.3.